The average Bonchev–Trinajstić information content (AvgIpc) is 2.45. The quantitative estimate of drug-likeness (QED) is 0.833. The van der Waals surface area contributed by atoms with Gasteiger partial charge in [-0.15, -0.1) is 0 Å². The smallest absolute Gasteiger partial charge is 0.325 e. The first-order valence-electron chi connectivity index (χ1n) is 6.89. The molecular formula is C15H20ClNO2. The standard InChI is InChI=1S/C15H20ClNO2/c16-13-6-8-14(9-7-13)17-10-15(18)19-11-12-4-2-1-3-5-12/h6-9,12,17H,1-5,10-11H2. The molecule has 0 radical (unpaired) electrons. The van der Waals surface area contributed by atoms with Crippen molar-refractivity contribution in [2.24, 2.45) is 5.92 Å². The highest BCUT2D eigenvalue weighted by molar-refractivity contribution is 6.30. The molecule has 0 saturated heterocycles. The summed E-state index contributed by atoms with van der Waals surface area (Å²) in [4.78, 5) is 11.6. The van der Waals surface area contributed by atoms with Crippen molar-refractivity contribution < 1.29 is 9.53 Å². The van der Waals surface area contributed by atoms with Gasteiger partial charge >= 0.3 is 5.97 Å². The number of nitrogens with one attached hydrogen (secondary N) is 1. The Morgan fingerprint density at radius 2 is 1.89 bits per heavy atom. The number of ether oxygens (including phenoxy) is 1. The monoisotopic (exact) mass is 281 g/mol. The minimum absolute atomic E-state index is 0.194. The first-order valence-corrected chi connectivity index (χ1v) is 7.27. The van der Waals surface area contributed by atoms with Gasteiger partial charge in [-0.1, -0.05) is 30.9 Å². The van der Waals surface area contributed by atoms with Crippen LogP contribution in [0.25, 0.3) is 0 Å². The second-order valence-corrected chi connectivity index (χ2v) is 5.48. The predicted molar refractivity (Wildman–Crippen MR) is 77.5 cm³/mol. The molecule has 1 saturated carbocycles. The van der Waals surface area contributed by atoms with Crippen LogP contribution in [-0.2, 0) is 9.53 Å². The number of benzene rings is 1. The normalized spacial score (nSPS) is 16.1. The second kappa shape index (κ2) is 7.39. The molecular weight excluding hydrogens is 262 g/mol. The van der Waals surface area contributed by atoms with Gasteiger partial charge in [0.15, 0.2) is 0 Å². The Balaban J connectivity index is 1.65. The largest absolute Gasteiger partial charge is 0.464 e. The Hall–Kier alpha value is -1.22. The van der Waals surface area contributed by atoms with Gasteiger partial charge in [0.1, 0.15) is 6.54 Å². The third-order valence-corrected chi connectivity index (χ3v) is 3.74. The molecule has 1 N–H and O–H groups in total. The molecule has 0 atom stereocenters. The lowest BCUT2D eigenvalue weighted by Gasteiger charge is -2.21. The number of hydrogen-bond acceptors (Lipinski definition) is 3. The van der Waals surface area contributed by atoms with Gasteiger partial charge in [-0.25, -0.2) is 0 Å². The fourth-order valence-corrected chi connectivity index (χ4v) is 2.48. The lowest BCUT2D eigenvalue weighted by Crippen LogP contribution is -2.21. The summed E-state index contributed by atoms with van der Waals surface area (Å²) in [7, 11) is 0. The Bertz CT molecular complexity index is 399. The van der Waals surface area contributed by atoms with E-state index in [1.807, 2.05) is 12.1 Å². The van der Waals surface area contributed by atoms with Crippen LogP contribution in [0.15, 0.2) is 24.3 Å². The third-order valence-electron chi connectivity index (χ3n) is 3.49. The molecule has 19 heavy (non-hydrogen) atoms. The minimum atomic E-state index is -0.194. The van der Waals surface area contributed by atoms with E-state index in [1.54, 1.807) is 12.1 Å². The minimum Gasteiger partial charge on any atom is -0.464 e. The van der Waals surface area contributed by atoms with Crippen molar-refractivity contribution in [1.29, 1.82) is 0 Å². The fourth-order valence-electron chi connectivity index (χ4n) is 2.36. The topological polar surface area (TPSA) is 38.3 Å². The summed E-state index contributed by atoms with van der Waals surface area (Å²) < 4.78 is 5.30. The van der Waals surface area contributed by atoms with Crippen molar-refractivity contribution in [3.63, 3.8) is 0 Å². The van der Waals surface area contributed by atoms with Crippen molar-refractivity contribution in [1.82, 2.24) is 0 Å². The van der Waals surface area contributed by atoms with Crippen molar-refractivity contribution in [2.45, 2.75) is 32.1 Å². The van der Waals surface area contributed by atoms with Crippen LogP contribution in [-0.4, -0.2) is 19.1 Å². The Labute approximate surface area is 119 Å². The van der Waals surface area contributed by atoms with Gasteiger partial charge in [-0.3, -0.25) is 4.79 Å². The number of anilines is 1. The summed E-state index contributed by atoms with van der Waals surface area (Å²) in [5.41, 5.74) is 0.874. The van der Waals surface area contributed by atoms with E-state index in [4.69, 9.17) is 16.3 Å². The molecule has 1 fully saturated rings. The van der Waals surface area contributed by atoms with Crippen LogP contribution in [0.1, 0.15) is 32.1 Å². The van der Waals surface area contributed by atoms with Crippen molar-refractivity contribution >= 4 is 23.3 Å². The lowest BCUT2D eigenvalue weighted by molar-refractivity contribution is -0.143. The van der Waals surface area contributed by atoms with Gasteiger partial charge in [0, 0.05) is 10.7 Å². The van der Waals surface area contributed by atoms with Gasteiger partial charge in [0.2, 0.25) is 0 Å². The molecule has 0 amide bonds. The van der Waals surface area contributed by atoms with Crippen molar-refractivity contribution in [2.75, 3.05) is 18.5 Å². The van der Waals surface area contributed by atoms with Crippen LogP contribution < -0.4 is 5.32 Å². The molecule has 4 heteroatoms. The maximum Gasteiger partial charge on any atom is 0.325 e. The number of hydrogen-bond donors (Lipinski definition) is 1. The van der Waals surface area contributed by atoms with Crippen LogP contribution >= 0.6 is 11.6 Å². The second-order valence-electron chi connectivity index (χ2n) is 5.05. The summed E-state index contributed by atoms with van der Waals surface area (Å²) in [6.45, 7) is 0.773. The van der Waals surface area contributed by atoms with E-state index in [2.05, 4.69) is 5.32 Å². The zero-order valence-electron chi connectivity index (χ0n) is 11.0. The van der Waals surface area contributed by atoms with Gasteiger partial charge in [-0.05, 0) is 43.0 Å². The molecule has 104 valence electrons. The van der Waals surface area contributed by atoms with Gasteiger partial charge in [0.25, 0.3) is 0 Å². The number of carbonyl (C=O) groups is 1. The number of rotatable bonds is 5. The average molecular weight is 282 g/mol. The molecule has 0 aliphatic heterocycles. The number of esters is 1. The number of halogens is 1. The van der Waals surface area contributed by atoms with Crippen LogP contribution in [0.4, 0.5) is 5.69 Å². The Kier molecular flexibility index (Phi) is 5.52. The number of carbonyl (C=O) groups excluding carboxylic acids is 1. The molecule has 0 aromatic heterocycles. The van der Waals surface area contributed by atoms with Gasteiger partial charge < -0.3 is 10.1 Å². The highest BCUT2D eigenvalue weighted by Gasteiger charge is 2.15. The maximum atomic E-state index is 11.6. The first-order chi connectivity index (χ1) is 9.24. The molecule has 1 aromatic carbocycles. The molecule has 1 aliphatic carbocycles. The summed E-state index contributed by atoms with van der Waals surface area (Å²) in [5.74, 6) is 0.369. The summed E-state index contributed by atoms with van der Waals surface area (Å²) in [6, 6.07) is 7.27. The predicted octanol–water partition coefficient (Wildman–Crippen LogP) is 3.88. The Morgan fingerprint density at radius 1 is 1.21 bits per heavy atom. The van der Waals surface area contributed by atoms with E-state index in [-0.39, 0.29) is 12.5 Å². The third kappa shape index (κ3) is 5.11. The first kappa shape index (κ1) is 14.2. The molecule has 0 spiro atoms. The fraction of sp³-hybridized carbons (Fsp3) is 0.533. The van der Waals surface area contributed by atoms with Crippen molar-refractivity contribution in [3.8, 4) is 0 Å². The molecule has 1 aliphatic rings. The summed E-state index contributed by atoms with van der Waals surface area (Å²) >= 11 is 5.79. The van der Waals surface area contributed by atoms with Crippen LogP contribution in [0, 0.1) is 5.92 Å². The highest BCUT2D eigenvalue weighted by Crippen LogP contribution is 2.23. The Morgan fingerprint density at radius 3 is 2.58 bits per heavy atom. The van der Waals surface area contributed by atoms with Gasteiger partial charge in [-0.2, -0.15) is 0 Å². The molecule has 1 aromatic rings. The van der Waals surface area contributed by atoms with Crippen LogP contribution in [0.3, 0.4) is 0 Å². The van der Waals surface area contributed by atoms with Gasteiger partial charge in [0.05, 0.1) is 6.61 Å². The molecule has 0 unspecified atom stereocenters. The van der Waals surface area contributed by atoms with E-state index in [0.717, 1.165) is 5.69 Å². The summed E-state index contributed by atoms with van der Waals surface area (Å²) in [5, 5.41) is 3.71. The molecule has 2 rings (SSSR count). The molecule has 0 bridgehead atoms. The van der Waals surface area contributed by atoms with E-state index in [0.29, 0.717) is 17.5 Å². The zero-order valence-corrected chi connectivity index (χ0v) is 11.8. The van der Waals surface area contributed by atoms with E-state index >= 15 is 0 Å². The van der Waals surface area contributed by atoms with Crippen LogP contribution in [0.5, 0.6) is 0 Å². The summed E-state index contributed by atoms with van der Waals surface area (Å²) in [6.07, 6.45) is 6.24. The van der Waals surface area contributed by atoms with Crippen molar-refractivity contribution in [3.05, 3.63) is 29.3 Å². The highest BCUT2D eigenvalue weighted by atomic mass is 35.5. The van der Waals surface area contributed by atoms with E-state index < -0.39 is 0 Å². The molecule has 3 nitrogen and oxygen atoms in total. The SMILES string of the molecule is O=C(CNc1ccc(Cl)cc1)OCC1CCCCC1. The molecule has 0 heterocycles. The van der Waals surface area contributed by atoms with E-state index in [9.17, 15) is 4.79 Å². The van der Waals surface area contributed by atoms with E-state index in [1.165, 1.54) is 32.1 Å². The lowest BCUT2D eigenvalue weighted by atomic mass is 9.90. The maximum absolute atomic E-state index is 11.6. The zero-order chi connectivity index (χ0) is 13.5. The van der Waals surface area contributed by atoms with Crippen LogP contribution in [0.2, 0.25) is 5.02 Å².